The number of nitrogens with one attached hydrogen (secondary N) is 1. The van der Waals surface area contributed by atoms with Crippen LogP contribution in [0.4, 0.5) is 5.69 Å². The molecule has 0 saturated heterocycles. The first-order valence-corrected chi connectivity index (χ1v) is 7.87. The van der Waals surface area contributed by atoms with Crippen molar-refractivity contribution in [1.29, 1.82) is 0 Å². The number of benzene rings is 1. The first kappa shape index (κ1) is 18.3. The van der Waals surface area contributed by atoms with Crippen molar-refractivity contribution in [2.24, 2.45) is 0 Å². The van der Waals surface area contributed by atoms with E-state index in [2.05, 4.69) is 24.2 Å². The number of carboxylic acid groups (broad SMARTS) is 1. The van der Waals surface area contributed by atoms with Crippen LogP contribution in [0.5, 0.6) is 5.75 Å². The zero-order chi connectivity index (χ0) is 16.5. The number of carbonyl (C=O) groups is 1. The second-order valence-corrected chi connectivity index (χ2v) is 5.74. The van der Waals surface area contributed by atoms with Crippen molar-refractivity contribution in [2.45, 2.75) is 46.3 Å². The zero-order valence-corrected chi connectivity index (χ0v) is 14.1. The van der Waals surface area contributed by atoms with E-state index in [-0.39, 0.29) is 12.6 Å². The summed E-state index contributed by atoms with van der Waals surface area (Å²) in [7, 11) is 2.07. The van der Waals surface area contributed by atoms with Crippen LogP contribution in [-0.4, -0.2) is 37.3 Å². The van der Waals surface area contributed by atoms with E-state index in [0.29, 0.717) is 6.54 Å². The normalized spacial score (nSPS) is 10.8. The molecule has 0 atom stereocenters. The predicted molar refractivity (Wildman–Crippen MR) is 89.7 cm³/mol. The van der Waals surface area contributed by atoms with Crippen molar-refractivity contribution in [2.75, 3.05) is 25.0 Å². The third-order valence-electron chi connectivity index (χ3n) is 3.25. The predicted octanol–water partition coefficient (Wildman–Crippen LogP) is 2.88. The first-order valence-electron chi connectivity index (χ1n) is 7.87. The molecule has 0 aliphatic heterocycles. The molecule has 0 aliphatic carbocycles. The third-order valence-corrected chi connectivity index (χ3v) is 3.25. The van der Waals surface area contributed by atoms with Crippen molar-refractivity contribution >= 4 is 11.7 Å². The van der Waals surface area contributed by atoms with Gasteiger partial charge in [0.05, 0.1) is 18.3 Å². The van der Waals surface area contributed by atoms with Crippen molar-refractivity contribution in [3.8, 4) is 5.75 Å². The Bertz CT molecular complexity index is 475. The largest absolute Gasteiger partial charge is 0.489 e. The molecule has 0 bridgehead atoms. The van der Waals surface area contributed by atoms with E-state index in [9.17, 15) is 4.79 Å². The summed E-state index contributed by atoms with van der Waals surface area (Å²) >= 11 is 0. The standard InChI is InChI=1S/C17H28N2O3/c1-5-6-9-19(4)15-8-7-14(11-18-12-17(20)21)10-16(15)22-13(2)3/h7-8,10,13,18H,5-6,9,11-12H2,1-4H3,(H,20,21). The number of ether oxygens (including phenoxy) is 1. The first-order chi connectivity index (χ1) is 10.4. The fraction of sp³-hybridized carbons (Fsp3) is 0.588. The van der Waals surface area contributed by atoms with Gasteiger partial charge in [-0.05, 0) is 38.0 Å². The Morgan fingerprint density at radius 3 is 2.73 bits per heavy atom. The lowest BCUT2D eigenvalue weighted by Crippen LogP contribution is -2.23. The van der Waals surface area contributed by atoms with E-state index in [1.165, 1.54) is 0 Å². The molecule has 1 aromatic rings. The molecule has 2 N–H and O–H groups in total. The molecule has 0 aromatic heterocycles. The maximum absolute atomic E-state index is 10.6. The summed E-state index contributed by atoms with van der Waals surface area (Å²) < 4.78 is 5.93. The van der Waals surface area contributed by atoms with E-state index < -0.39 is 5.97 Å². The molecule has 0 heterocycles. The second kappa shape index (κ2) is 9.30. The van der Waals surface area contributed by atoms with E-state index in [1.54, 1.807) is 0 Å². The van der Waals surface area contributed by atoms with Gasteiger partial charge in [-0.25, -0.2) is 0 Å². The summed E-state index contributed by atoms with van der Waals surface area (Å²) in [5.41, 5.74) is 2.09. The van der Waals surface area contributed by atoms with Crippen LogP contribution in [-0.2, 0) is 11.3 Å². The number of unbranched alkanes of at least 4 members (excludes halogenated alkanes) is 1. The lowest BCUT2D eigenvalue weighted by Gasteiger charge is -2.24. The van der Waals surface area contributed by atoms with Gasteiger partial charge in [0.15, 0.2) is 0 Å². The molecule has 5 nitrogen and oxygen atoms in total. The molecule has 0 unspecified atom stereocenters. The molecule has 0 spiro atoms. The van der Waals surface area contributed by atoms with Crippen LogP contribution in [0.3, 0.4) is 0 Å². The summed E-state index contributed by atoms with van der Waals surface area (Å²) in [4.78, 5) is 12.8. The van der Waals surface area contributed by atoms with Crippen LogP contribution in [0, 0.1) is 0 Å². The molecule has 0 amide bonds. The summed E-state index contributed by atoms with van der Waals surface area (Å²) in [5.74, 6) is -0.00204. The number of rotatable bonds is 10. The Hall–Kier alpha value is -1.75. The highest BCUT2D eigenvalue weighted by Gasteiger charge is 2.11. The van der Waals surface area contributed by atoms with Gasteiger partial charge in [-0.3, -0.25) is 4.79 Å². The second-order valence-electron chi connectivity index (χ2n) is 5.74. The van der Waals surface area contributed by atoms with Crippen molar-refractivity contribution in [1.82, 2.24) is 5.32 Å². The van der Waals surface area contributed by atoms with Crippen molar-refractivity contribution < 1.29 is 14.6 Å². The van der Waals surface area contributed by atoms with Crippen molar-refractivity contribution in [3.05, 3.63) is 23.8 Å². The van der Waals surface area contributed by atoms with Crippen LogP contribution in [0.2, 0.25) is 0 Å². The molecule has 22 heavy (non-hydrogen) atoms. The van der Waals surface area contributed by atoms with E-state index in [4.69, 9.17) is 9.84 Å². The highest BCUT2D eigenvalue weighted by molar-refractivity contribution is 5.69. The van der Waals surface area contributed by atoms with E-state index in [0.717, 1.165) is 36.4 Å². The average Bonchev–Trinajstić information content (AvgIpc) is 2.44. The Kier molecular flexibility index (Phi) is 7.74. The fourth-order valence-electron chi connectivity index (χ4n) is 2.16. The number of hydrogen-bond acceptors (Lipinski definition) is 4. The molecule has 1 aromatic carbocycles. The highest BCUT2D eigenvalue weighted by atomic mass is 16.5. The summed E-state index contributed by atoms with van der Waals surface area (Å²) in [6, 6.07) is 6.05. The fourth-order valence-corrected chi connectivity index (χ4v) is 2.16. The molecule has 1 rings (SSSR count). The number of anilines is 1. The minimum Gasteiger partial charge on any atom is -0.489 e. The SMILES string of the molecule is CCCCN(C)c1ccc(CNCC(=O)O)cc1OC(C)C. The molecular weight excluding hydrogens is 280 g/mol. The summed E-state index contributed by atoms with van der Waals surface area (Å²) in [6.45, 7) is 7.65. The van der Waals surface area contributed by atoms with Gasteiger partial charge in [-0.1, -0.05) is 19.4 Å². The van der Waals surface area contributed by atoms with Gasteiger partial charge < -0.3 is 20.1 Å². The Balaban J connectivity index is 2.85. The van der Waals surface area contributed by atoms with E-state index >= 15 is 0 Å². The Morgan fingerprint density at radius 1 is 1.41 bits per heavy atom. The van der Waals surface area contributed by atoms with Crippen LogP contribution < -0.4 is 15.0 Å². The Labute approximate surface area is 133 Å². The zero-order valence-electron chi connectivity index (χ0n) is 14.1. The van der Waals surface area contributed by atoms with Gasteiger partial charge in [0, 0.05) is 20.1 Å². The van der Waals surface area contributed by atoms with Gasteiger partial charge >= 0.3 is 5.97 Å². The molecule has 0 radical (unpaired) electrons. The van der Waals surface area contributed by atoms with Crippen LogP contribution in [0.1, 0.15) is 39.2 Å². The molecule has 0 saturated carbocycles. The monoisotopic (exact) mass is 308 g/mol. The number of aliphatic carboxylic acids is 1. The lowest BCUT2D eigenvalue weighted by molar-refractivity contribution is -0.135. The highest BCUT2D eigenvalue weighted by Crippen LogP contribution is 2.30. The number of hydrogen-bond donors (Lipinski definition) is 2. The molecular formula is C17H28N2O3. The average molecular weight is 308 g/mol. The summed E-state index contributed by atoms with van der Waals surface area (Å²) in [6.07, 6.45) is 2.39. The molecule has 0 fully saturated rings. The lowest BCUT2D eigenvalue weighted by atomic mass is 10.1. The third kappa shape index (κ3) is 6.35. The smallest absolute Gasteiger partial charge is 0.317 e. The van der Waals surface area contributed by atoms with Gasteiger partial charge in [0.25, 0.3) is 0 Å². The maximum Gasteiger partial charge on any atom is 0.317 e. The van der Waals surface area contributed by atoms with Gasteiger partial charge in [0.1, 0.15) is 5.75 Å². The Morgan fingerprint density at radius 2 is 2.14 bits per heavy atom. The van der Waals surface area contributed by atoms with Crippen LogP contribution in [0.25, 0.3) is 0 Å². The van der Waals surface area contributed by atoms with Crippen molar-refractivity contribution in [3.63, 3.8) is 0 Å². The van der Waals surface area contributed by atoms with Crippen LogP contribution >= 0.6 is 0 Å². The topological polar surface area (TPSA) is 61.8 Å². The minimum absolute atomic E-state index is 0.0431. The maximum atomic E-state index is 10.6. The van der Waals surface area contributed by atoms with Gasteiger partial charge in [0.2, 0.25) is 0 Å². The summed E-state index contributed by atoms with van der Waals surface area (Å²) in [5, 5.41) is 11.6. The van der Waals surface area contributed by atoms with Gasteiger partial charge in [-0.15, -0.1) is 0 Å². The molecule has 0 aliphatic rings. The number of nitrogens with zero attached hydrogens (tertiary/aromatic N) is 1. The quantitative estimate of drug-likeness (QED) is 0.696. The number of carboxylic acids is 1. The van der Waals surface area contributed by atoms with E-state index in [1.807, 2.05) is 32.0 Å². The van der Waals surface area contributed by atoms with Crippen LogP contribution in [0.15, 0.2) is 18.2 Å². The van der Waals surface area contributed by atoms with Gasteiger partial charge in [-0.2, -0.15) is 0 Å². The minimum atomic E-state index is -0.852. The molecule has 5 heteroatoms. The molecule has 124 valence electrons.